The van der Waals surface area contributed by atoms with Gasteiger partial charge < -0.3 is 26.2 Å². The molecule has 0 saturated carbocycles. The van der Waals surface area contributed by atoms with Crippen LogP contribution < -0.4 is 16.0 Å². The molecule has 1 aliphatic heterocycles. The van der Waals surface area contributed by atoms with E-state index < -0.39 is 11.9 Å². The van der Waals surface area contributed by atoms with Crippen LogP contribution in [0.3, 0.4) is 0 Å². The van der Waals surface area contributed by atoms with Gasteiger partial charge in [0.2, 0.25) is 5.88 Å². The lowest BCUT2D eigenvalue weighted by Crippen LogP contribution is -2.40. The fourth-order valence-electron chi connectivity index (χ4n) is 3.20. The number of anilines is 2. The highest BCUT2D eigenvalue weighted by Gasteiger charge is 2.21. The van der Waals surface area contributed by atoms with E-state index in [9.17, 15) is 15.0 Å². The Morgan fingerprint density at radius 3 is 2.72 bits per heavy atom. The quantitative estimate of drug-likeness (QED) is 0.512. The number of aromatic hydroxyl groups is 2. The minimum Gasteiger partial charge on any atom is -0.493 e. The van der Waals surface area contributed by atoms with E-state index in [-0.39, 0.29) is 23.2 Å². The minimum atomic E-state index is -0.531. The number of para-hydroxylation sites is 2. The number of aromatic nitrogens is 3. The van der Waals surface area contributed by atoms with Crippen molar-refractivity contribution in [2.75, 3.05) is 23.3 Å². The summed E-state index contributed by atoms with van der Waals surface area (Å²) in [7, 11) is 0. The molecule has 9 nitrogen and oxygen atoms in total. The van der Waals surface area contributed by atoms with Gasteiger partial charge in [-0.3, -0.25) is 4.79 Å². The van der Waals surface area contributed by atoms with Crippen molar-refractivity contribution < 1.29 is 15.0 Å². The standard InChI is InChI=1S/C19H20N6O3S/c20-11-5-7-25(8-6-11)15-4-2-1-3-13(15)22-17(27)14-10-29-18(23-14)12-9-21-19(28)24-16(12)26/h1-4,9-11H,5-8,20H2,(H,22,27)(H2,21,24,26,28). The van der Waals surface area contributed by atoms with Crippen LogP contribution in [0.2, 0.25) is 0 Å². The summed E-state index contributed by atoms with van der Waals surface area (Å²) in [5.74, 6) is -0.750. The molecule has 29 heavy (non-hydrogen) atoms. The number of carbonyl (C=O) groups excluding carboxylic acids is 1. The van der Waals surface area contributed by atoms with Crippen LogP contribution in [0.25, 0.3) is 10.6 Å². The first-order chi connectivity index (χ1) is 14.0. The zero-order chi connectivity index (χ0) is 20.4. The smallest absolute Gasteiger partial charge is 0.317 e. The second-order valence-electron chi connectivity index (χ2n) is 6.74. The van der Waals surface area contributed by atoms with Crippen molar-refractivity contribution in [3.05, 3.63) is 41.5 Å². The molecule has 1 aromatic carbocycles. The average Bonchev–Trinajstić information content (AvgIpc) is 3.19. The number of carbonyl (C=O) groups is 1. The molecule has 1 aliphatic rings. The summed E-state index contributed by atoms with van der Waals surface area (Å²) in [6.07, 6.45) is 3.08. The Bertz CT molecular complexity index is 1030. The Morgan fingerprint density at radius 2 is 1.97 bits per heavy atom. The second-order valence-corrected chi connectivity index (χ2v) is 7.60. The lowest BCUT2D eigenvalue weighted by molar-refractivity contribution is 0.102. The van der Waals surface area contributed by atoms with Crippen molar-refractivity contribution in [3.63, 3.8) is 0 Å². The Hall–Kier alpha value is -3.24. The molecule has 3 aromatic rings. The van der Waals surface area contributed by atoms with Gasteiger partial charge in [-0.25, -0.2) is 9.97 Å². The van der Waals surface area contributed by atoms with Gasteiger partial charge in [0, 0.05) is 30.7 Å². The molecular weight excluding hydrogens is 392 g/mol. The Morgan fingerprint density at radius 1 is 1.21 bits per heavy atom. The van der Waals surface area contributed by atoms with Gasteiger partial charge in [0.25, 0.3) is 5.91 Å². The van der Waals surface area contributed by atoms with Crippen LogP contribution in [-0.2, 0) is 0 Å². The normalized spacial score (nSPS) is 14.7. The van der Waals surface area contributed by atoms with E-state index in [4.69, 9.17) is 5.73 Å². The van der Waals surface area contributed by atoms with E-state index in [1.54, 1.807) is 5.38 Å². The molecule has 3 heterocycles. The van der Waals surface area contributed by atoms with E-state index in [0.29, 0.717) is 10.7 Å². The first kappa shape index (κ1) is 19.1. The number of benzene rings is 1. The maximum atomic E-state index is 12.7. The Kier molecular flexibility index (Phi) is 5.28. The largest absolute Gasteiger partial charge is 0.493 e. The van der Waals surface area contributed by atoms with Gasteiger partial charge in [-0.1, -0.05) is 12.1 Å². The first-order valence-electron chi connectivity index (χ1n) is 9.13. The third kappa shape index (κ3) is 4.13. The minimum absolute atomic E-state index is 0.216. The molecule has 1 saturated heterocycles. The molecule has 0 bridgehead atoms. The zero-order valence-corrected chi connectivity index (χ0v) is 16.3. The second kappa shape index (κ2) is 8.02. The summed E-state index contributed by atoms with van der Waals surface area (Å²) in [6, 6.07) is 7.33. The molecule has 1 amide bonds. The zero-order valence-electron chi connectivity index (χ0n) is 15.4. The summed E-state index contributed by atoms with van der Waals surface area (Å²) in [5, 5.41) is 24.0. The number of nitrogens with zero attached hydrogens (tertiary/aromatic N) is 4. The van der Waals surface area contributed by atoms with Crippen LogP contribution in [0.4, 0.5) is 11.4 Å². The number of piperidine rings is 1. The number of rotatable bonds is 4. The maximum absolute atomic E-state index is 12.7. The number of nitrogens with one attached hydrogen (secondary N) is 1. The summed E-state index contributed by atoms with van der Waals surface area (Å²) in [4.78, 5) is 26.4. The molecule has 10 heteroatoms. The third-order valence-electron chi connectivity index (χ3n) is 4.76. The van der Waals surface area contributed by atoms with Gasteiger partial charge in [-0.05, 0) is 25.0 Å². The van der Waals surface area contributed by atoms with E-state index >= 15 is 0 Å². The van der Waals surface area contributed by atoms with Crippen molar-refractivity contribution in [1.29, 1.82) is 0 Å². The summed E-state index contributed by atoms with van der Waals surface area (Å²) < 4.78 is 0. The number of hydrogen-bond donors (Lipinski definition) is 4. The Labute approximate surface area is 170 Å². The number of thiazole rings is 1. The maximum Gasteiger partial charge on any atom is 0.317 e. The summed E-state index contributed by atoms with van der Waals surface area (Å²) in [5.41, 5.74) is 8.12. The number of hydrogen-bond acceptors (Lipinski definition) is 9. The highest BCUT2D eigenvalue weighted by atomic mass is 32.1. The molecule has 0 spiro atoms. The molecule has 0 radical (unpaired) electrons. The van der Waals surface area contributed by atoms with Gasteiger partial charge in [-0.15, -0.1) is 11.3 Å². The average molecular weight is 412 g/mol. The van der Waals surface area contributed by atoms with E-state index in [1.165, 1.54) is 17.5 Å². The lowest BCUT2D eigenvalue weighted by Gasteiger charge is -2.33. The first-order valence-corrected chi connectivity index (χ1v) is 10.0. The van der Waals surface area contributed by atoms with Crippen LogP contribution in [0.15, 0.2) is 35.8 Å². The van der Waals surface area contributed by atoms with Crippen LogP contribution in [0.1, 0.15) is 23.3 Å². The molecule has 5 N–H and O–H groups in total. The van der Waals surface area contributed by atoms with Crippen molar-refractivity contribution in [2.24, 2.45) is 5.73 Å². The van der Waals surface area contributed by atoms with Gasteiger partial charge >= 0.3 is 6.01 Å². The molecular formula is C19H20N6O3S. The highest BCUT2D eigenvalue weighted by molar-refractivity contribution is 7.13. The lowest BCUT2D eigenvalue weighted by atomic mass is 10.0. The SMILES string of the molecule is NC1CCN(c2ccccc2NC(=O)c2csc(-c3cnc(O)nc3O)n2)CC1. The van der Waals surface area contributed by atoms with Crippen LogP contribution in [0.5, 0.6) is 11.9 Å². The molecule has 2 aromatic heterocycles. The number of nitrogens with two attached hydrogens (primary N) is 1. The van der Waals surface area contributed by atoms with Crippen LogP contribution >= 0.6 is 11.3 Å². The van der Waals surface area contributed by atoms with Gasteiger partial charge in [0.15, 0.2) is 0 Å². The van der Waals surface area contributed by atoms with Crippen molar-refractivity contribution in [1.82, 2.24) is 15.0 Å². The topological polar surface area (TPSA) is 137 Å². The molecule has 4 rings (SSSR count). The molecule has 1 fully saturated rings. The van der Waals surface area contributed by atoms with Crippen molar-refractivity contribution in [3.8, 4) is 22.5 Å². The fraction of sp³-hybridized carbons (Fsp3) is 0.263. The molecule has 0 atom stereocenters. The van der Waals surface area contributed by atoms with Crippen molar-refractivity contribution >= 4 is 28.6 Å². The molecule has 0 unspecified atom stereocenters. The van der Waals surface area contributed by atoms with Crippen LogP contribution in [0, 0.1) is 0 Å². The van der Waals surface area contributed by atoms with Gasteiger partial charge in [-0.2, -0.15) is 4.98 Å². The van der Waals surface area contributed by atoms with Crippen molar-refractivity contribution in [2.45, 2.75) is 18.9 Å². The van der Waals surface area contributed by atoms with Gasteiger partial charge in [0.05, 0.1) is 16.9 Å². The van der Waals surface area contributed by atoms with E-state index in [0.717, 1.165) is 31.6 Å². The van der Waals surface area contributed by atoms with Crippen LogP contribution in [-0.4, -0.2) is 50.2 Å². The third-order valence-corrected chi connectivity index (χ3v) is 5.63. The molecule has 0 aliphatic carbocycles. The summed E-state index contributed by atoms with van der Waals surface area (Å²) in [6.45, 7) is 1.68. The number of amides is 1. The van der Waals surface area contributed by atoms with E-state index in [1.807, 2.05) is 24.3 Å². The summed E-state index contributed by atoms with van der Waals surface area (Å²) >= 11 is 1.18. The molecule has 150 valence electrons. The Balaban J connectivity index is 1.53. The highest BCUT2D eigenvalue weighted by Crippen LogP contribution is 2.32. The fourth-order valence-corrected chi connectivity index (χ4v) is 4.00. The predicted molar refractivity (Wildman–Crippen MR) is 110 cm³/mol. The monoisotopic (exact) mass is 412 g/mol. The predicted octanol–water partition coefficient (Wildman–Crippen LogP) is 2.19. The van der Waals surface area contributed by atoms with E-state index in [2.05, 4.69) is 25.2 Å². The van der Waals surface area contributed by atoms with Gasteiger partial charge in [0.1, 0.15) is 10.7 Å².